The van der Waals surface area contributed by atoms with Crippen molar-refractivity contribution in [2.75, 3.05) is 65.7 Å². The number of carbonyl (C=O) groups is 2. The Kier molecular flexibility index (Phi) is 9.20. The second kappa shape index (κ2) is 12.8. The third-order valence-electron chi connectivity index (χ3n) is 7.94. The molecule has 5 rings (SSSR count). The van der Waals surface area contributed by atoms with Crippen LogP contribution >= 0.6 is 0 Å². The Morgan fingerprint density at radius 1 is 0.927 bits per heavy atom. The summed E-state index contributed by atoms with van der Waals surface area (Å²) in [4.78, 5) is 30.6. The van der Waals surface area contributed by atoms with E-state index >= 15 is 0 Å². The summed E-state index contributed by atoms with van der Waals surface area (Å²) in [7, 11) is -3.83. The van der Waals surface area contributed by atoms with Gasteiger partial charge in [0.25, 0.3) is 11.7 Å². The first-order valence-corrected chi connectivity index (χ1v) is 15.6. The fraction of sp³-hybridized carbons (Fsp3) is 0.467. The molecule has 220 valence electrons. The predicted octanol–water partition coefficient (Wildman–Crippen LogP) is 2.41. The van der Waals surface area contributed by atoms with Gasteiger partial charge in [-0.3, -0.25) is 14.5 Å². The summed E-state index contributed by atoms with van der Waals surface area (Å²) in [6, 6.07) is 12.8. The van der Waals surface area contributed by atoms with Gasteiger partial charge in [0.05, 0.1) is 42.9 Å². The summed E-state index contributed by atoms with van der Waals surface area (Å²) >= 11 is 0. The highest BCUT2D eigenvalue weighted by Crippen LogP contribution is 2.40. The number of hydrogen-bond acceptors (Lipinski definition) is 8. The van der Waals surface area contributed by atoms with E-state index in [0.717, 1.165) is 31.6 Å². The van der Waals surface area contributed by atoms with Crippen LogP contribution in [0, 0.1) is 0 Å². The maximum absolute atomic E-state index is 13.5. The van der Waals surface area contributed by atoms with Crippen LogP contribution in [0.5, 0.6) is 0 Å². The van der Waals surface area contributed by atoms with Crippen molar-refractivity contribution in [2.24, 2.45) is 0 Å². The van der Waals surface area contributed by atoms with Gasteiger partial charge in [0.2, 0.25) is 10.0 Å². The van der Waals surface area contributed by atoms with E-state index in [4.69, 9.17) is 9.47 Å². The van der Waals surface area contributed by atoms with Gasteiger partial charge in [0.1, 0.15) is 5.76 Å². The van der Waals surface area contributed by atoms with Gasteiger partial charge in [0.15, 0.2) is 0 Å². The summed E-state index contributed by atoms with van der Waals surface area (Å²) in [5.74, 6) is -1.84. The third-order valence-corrected chi connectivity index (χ3v) is 9.83. The lowest BCUT2D eigenvalue weighted by Crippen LogP contribution is -2.40. The number of rotatable bonds is 9. The number of ketones is 1. The fourth-order valence-corrected chi connectivity index (χ4v) is 7.03. The average Bonchev–Trinajstić information content (AvgIpc) is 3.27. The van der Waals surface area contributed by atoms with Gasteiger partial charge in [-0.25, -0.2) is 8.42 Å². The maximum Gasteiger partial charge on any atom is 0.295 e. The second-order valence-corrected chi connectivity index (χ2v) is 12.4. The molecule has 41 heavy (non-hydrogen) atoms. The molecule has 3 aliphatic rings. The molecule has 3 aliphatic heterocycles. The molecular formula is C30H37N3O7S. The minimum atomic E-state index is -3.83. The number of ether oxygens (including phenoxy) is 2. The minimum absolute atomic E-state index is 0.00652. The van der Waals surface area contributed by atoms with Crippen molar-refractivity contribution in [1.82, 2.24) is 14.1 Å². The molecule has 3 heterocycles. The number of morpholine rings is 2. The first-order chi connectivity index (χ1) is 19.8. The van der Waals surface area contributed by atoms with Crippen LogP contribution in [-0.2, 0) is 35.5 Å². The van der Waals surface area contributed by atoms with Crippen LogP contribution in [0.4, 0.5) is 0 Å². The van der Waals surface area contributed by atoms with Gasteiger partial charge >= 0.3 is 0 Å². The van der Waals surface area contributed by atoms with Crippen LogP contribution in [-0.4, -0.2) is 105 Å². The highest BCUT2D eigenvalue weighted by molar-refractivity contribution is 7.89. The van der Waals surface area contributed by atoms with Gasteiger partial charge in [-0.05, 0) is 36.1 Å². The zero-order chi connectivity index (χ0) is 29.0. The Labute approximate surface area is 241 Å². The molecule has 1 N–H and O–H groups in total. The number of benzene rings is 2. The zero-order valence-corrected chi connectivity index (χ0v) is 24.1. The number of aliphatic hydroxyl groups excluding tert-OH is 1. The molecular weight excluding hydrogens is 546 g/mol. The Balaban J connectivity index is 1.49. The minimum Gasteiger partial charge on any atom is -0.507 e. The second-order valence-electron chi connectivity index (χ2n) is 10.4. The molecule has 3 fully saturated rings. The van der Waals surface area contributed by atoms with Crippen molar-refractivity contribution in [3.63, 3.8) is 0 Å². The van der Waals surface area contributed by atoms with E-state index in [1.54, 1.807) is 6.07 Å². The number of amides is 1. The highest BCUT2D eigenvalue weighted by Gasteiger charge is 2.46. The molecule has 10 nitrogen and oxygen atoms in total. The highest BCUT2D eigenvalue weighted by atomic mass is 32.2. The van der Waals surface area contributed by atoms with Crippen LogP contribution in [0.15, 0.2) is 59.0 Å². The molecule has 0 spiro atoms. The molecule has 0 bridgehead atoms. The van der Waals surface area contributed by atoms with E-state index in [1.165, 1.54) is 27.4 Å². The molecule has 3 saturated heterocycles. The molecule has 2 aromatic rings. The summed E-state index contributed by atoms with van der Waals surface area (Å²) in [6.07, 6.45) is 1.49. The Bertz CT molecular complexity index is 1400. The molecule has 0 aromatic heterocycles. The van der Waals surface area contributed by atoms with Crippen LogP contribution in [0.1, 0.15) is 36.1 Å². The van der Waals surface area contributed by atoms with Crippen molar-refractivity contribution in [3.8, 4) is 0 Å². The number of carbonyl (C=O) groups excluding carboxylic acids is 2. The van der Waals surface area contributed by atoms with E-state index in [2.05, 4.69) is 4.90 Å². The molecule has 1 amide bonds. The Hall–Kier alpha value is -3.09. The van der Waals surface area contributed by atoms with E-state index < -0.39 is 27.8 Å². The largest absolute Gasteiger partial charge is 0.507 e. The summed E-state index contributed by atoms with van der Waals surface area (Å²) in [5.41, 5.74) is 1.96. The lowest BCUT2D eigenvalue weighted by molar-refractivity contribution is -0.140. The van der Waals surface area contributed by atoms with Gasteiger partial charge < -0.3 is 19.5 Å². The van der Waals surface area contributed by atoms with Gasteiger partial charge in [-0.2, -0.15) is 4.31 Å². The first-order valence-electron chi connectivity index (χ1n) is 14.2. The molecule has 0 radical (unpaired) electrons. The SMILES string of the molecule is CCc1ccc(C2/C(=C(/O)c3cccc(S(=O)(=O)N4CCOCC4)c3)C(=O)C(=O)N2CCCN2CCOCC2)cc1. The standard InChI is InChI=1S/C30H37N3O7S/c1-2-22-7-9-23(10-8-22)27-26(29(35)30(36)33(27)12-4-11-31-13-17-39-18-14-31)28(34)24-5-3-6-25(21-24)41(37,38)32-15-19-40-20-16-32/h3,5-10,21,27,34H,2,4,11-20H2,1H3/b28-26-. The summed E-state index contributed by atoms with van der Waals surface area (Å²) in [6.45, 7) is 7.24. The van der Waals surface area contributed by atoms with Gasteiger partial charge in [-0.15, -0.1) is 0 Å². The Morgan fingerprint density at radius 2 is 1.59 bits per heavy atom. The average molecular weight is 584 g/mol. The van der Waals surface area contributed by atoms with Gasteiger partial charge in [0, 0.05) is 44.8 Å². The predicted molar refractivity (Wildman–Crippen MR) is 153 cm³/mol. The van der Waals surface area contributed by atoms with E-state index in [9.17, 15) is 23.1 Å². The molecule has 0 saturated carbocycles. The molecule has 0 aliphatic carbocycles. The molecule has 2 aromatic carbocycles. The van der Waals surface area contributed by atoms with E-state index in [0.29, 0.717) is 45.0 Å². The van der Waals surface area contributed by atoms with Crippen LogP contribution < -0.4 is 0 Å². The molecule has 11 heteroatoms. The lowest BCUT2D eigenvalue weighted by Gasteiger charge is -2.29. The Morgan fingerprint density at radius 3 is 2.24 bits per heavy atom. The van der Waals surface area contributed by atoms with Crippen molar-refractivity contribution in [1.29, 1.82) is 0 Å². The quantitative estimate of drug-likeness (QED) is 0.272. The number of likely N-dealkylation sites (tertiary alicyclic amines) is 1. The third kappa shape index (κ3) is 6.24. The first kappa shape index (κ1) is 29.4. The molecule has 1 atom stereocenters. The normalized spacial score (nSPS) is 22.4. The molecule has 1 unspecified atom stereocenters. The van der Waals surface area contributed by atoms with Crippen molar-refractivity contribution >= 4 is 27.5 Å². The van der Waals surface area contributed by atoms with Crippen LogP contribution in [0.25, 0.3) is 5.76 Å². The van der Waals surface area contributed by atoms with Gasteiger partial charge in [-0.1, -0.05) is 43.3 Å². The number of sulfonamides is 1. The fourth-order valence-electron chi connectivity index (χ4n) is 5.58. The number of aliphatic hydroxyl groups is 1. The summed E-state index contributed by atoms with van der Waals surface area (Å²) in [5, 5.41) is 11.5. The number of hydrogen-bond donors (Lipinski definition) is 1. The van der Waals surface area contributed by atoms with E-state index in [-0.39, 0.29) is 34.9 Å². The monoisotopic (exact) mass is 583 g/mol. The van der Waals surface area contributed by atoms with Crippen molar-refractivity contribution < 1.29 is 32.6 Å². The number of nitrogens with zero attached hydrogens (tertiary/aromatic N) is 3. The van der Waals surface area contributed by atoms with Crippen molar-refractivity contribution in [2.45, 2.75) is 30.7 Å². The number of aryl methyl sites for hydroxylation is 1. The topological polar surface area (TPSA) is 117 Å². The van der Waals surface area contributed by atoms with Crippen molar-refractivity contribution in [3.05, 3.63) is 70.8 Å². The van der Waals surface area contributed by atoms with Crippen LogP contribution in [0.3, 0.4) is 0 Å². The maximum atomic E-state index is 13.5. The lowest BCUT2D eigenvalue weighted by atomic mass is 9.94. The zero-order valence-electron chi connectivity index (χ0n) is 23.3. The van der Waals surface area contributed by atoms with E-state index in [1.807, 2.05) is 31.2 Å². The smallest absolute Gasteiger partial charge is 0.295 e. The summed E-state index contributed by atoms with van der Waals surface area (Å²) < 4.78 is 38.6. The van der Waals surface area contributed by atoms with Crippen LogP contribution in [0.2, 0.25) is 0 Å². The number of Topliss-reactive ketones (excluding diaryl/α,β-unsaturated/α-hetero) is 1.